The van der Waals surface area contributed by atoms with E-state index in [1.165, 1.54) is 0 Å². The molecule has 7 rings (SSSR count). The van der Waals surface area contributed by atoms with Crippen molar-refractivity contribution in [3.8, 4) is 5.69 Å². The number of aromatic amines is 1. The molecule has 3 N–H and O–H groups in total. The van der Waals surface area contributed by atoms with E-state index in [0.717, 1.165) is 37.0 Å². The van der Waals surface area contributed by atoms with Crippen LogP contribution in [0.25, 0.3) is 27.8 Å². The Morgan fingerprint density at radius 2 is 1.89 bits per heavy atom. The molecule has 174 valence electrons. The zero-order chi connectivity index (χ0) is 23.7. The zero-order valence-corrected chi connectivity index (χ0v) is 19.4. The molecule has 2 aliphatic rings. The van der Waals surface area contributed by atoms with Crippen molar-refractivity contribution in [3.63, 3.8) is 0 Å². The Kier molecular flexibility index (Phi) is 4.23. The highest BCUT2D eigenvalue weighted by Crippen LogP contribution is 2.59. The van der Waals surface area contributed by atoms with Gasteiger partial charge in [-0.2, -0.15) is 9.97 Å². The fourth-order valence-corrected chi connectivity index (χ4v) is 5.60. The normalized spacial score (nSPS) is 18.7. The maximum absolute atomic E-state index is 13.9. The number of hydrogen-bond donors (Lipinski definition) is 2. The fourth-order valence-electron chi connectivity index (χ4n) is 5.35. The summed E-state index contributed by atoms with van der Waals surface area (Å²) in [4.78, 5) is 37.5. The Bertz CT molecular complexity index is 1670. The highest BCUT2D eigenvalue weighted by Gasteiger charge is 2.54. The summed E-state index contributed by atoms with van der Waals surface area (Å²) in [7, 11) is 0. The summed E-state index contributed by atoms with van der Waals surface area (Å²) in [6.45, 7) is 0.792. The minimum atomic E-state index is -0.199. The number of para-hydroxylation sites is 1. The topological polar surface area (TPSA) is 119 Å². The van der Waals surface area contributed by atoms with Gasteiger partial charge in [0.2, 0.25) is 5.95 Å². The maximum atomic E-state index is 13.9. The lowest BCUT2D eigenvalue weighted by atomic mass is 10.0. The summed E-state index contributed by atoms with van der Waals surface area (Å²) in [5.74, 6) is 1.50. The molecule has 10 heteroatoms. The molecule has 2 fully saturated rings. The summed E-state index contributed by atoms with van der Waals surface area (Å²) < 4.78 is 1.70. The number of anilines is 2. The number of rotatable bonds is 3. The number of nitrogens with one attached hydrogen (secondary N) is 1. The maximum Gasteiger partial charge on any atom is 0.267 e. The number of benzene rings is 2. The van der Waals surface area contributed by atoms with Gasteiger partial charge in [-0.15, -0.1) is 0 Å². The molecule has 0 radical (unpaired) electrons. The first-order valence-electron chi connectivity index (χ1n) is 11.5. The number of imidazole rings is 1. The summed E-state index contributed by atoms with van der Waals surface area (Å²) in [5.41, 5.74) is 8.60. The van der Waals surface area contributed by atoms with Crippen LogP contribution in [0.15, 0.2) is 59.7 Å². The Morgan fingerprint density at radius 3 is 2.69 bits per heavy atom. The van der Waals surface area contributed by atoms with Gasteiger partial charge in [0.25, 0.3) is 5.56 Å². The zero-order valence-electron chi connectivity index (χ0n) is 18.6. The van der Waals surface area contributed by atoms with Gasteiger partial charge in [0.15, 0.2) is 11.5 Å². The molecule has 1 aliphatic heterocycles. The quantitative estimate of drug-likeness (QED) is 0.397. The third-order valence-electron chi connectivity index (χ3n) is 7.21. The van der Waals surface area contributed by atoms with E-state index >= 15 is 0 Å². The molecule has 0 amide bonds. The molecule has 2 aromatic carbocycles. The molecular formula is C25H21ClN8O. The standard InChI is InChI=1S/C25H21ClN8O/c26-15-7-4-8-16-18(15)23(35)34(14-5-2-1-3-6-14)21(30-16)17-11-25(9-10-25)12-33(17)22-19-20(29-13-28-19)31-24(27)32-22/h1-8,13,17H,9-12H2,(H3,27,28,29,31,32)/t17-/m0/s1. The number of nitrogen functional groups attached to an aromatic ring is 1. The number of aromatic nitrogens is 6. The van der Waals surface area contributed by atoms with Crippen LogP contribution in [-0.2, 0) is 0 Å². The van der Waals surface area contributed by atoms with Crippen molar-refractivity contribution in [2.24, 2.45) is 5.41 Å². The van der Waals surface area contributed by atoms with E-state index in [2.05, 4.69) is 24.8 Å². The van der Waals surface area contributed by atoms with Crippen LogP contribution in [0.2, 0.25) is 5.02 Å². The SMILES string of the molecule is Nc1nc(N2CC3(CC3)C[C@H]2c2nc3cccc(Cl)c3c(=O)n2-c2ccccc2)c2[nH]cnc2n1. The average molecular weight is 485 g/mol. The van der Waals surface area contributed by atoms with E-state index in [0.29, 0.717) is 33.2 Å². The van der Waals surface area contributed by atoms with E-state index < -0.39 is 0 Å². The molecule has 1 saturated heterocycles. The van der Waals surface area contributed by atoms with Crippen molar-refractivity contribution in [3.05, 3.63) is 76.1 Å². The van der Waals surface area contributed by atoms with Crippen molar-refractivity contribution in [1.29, 1.82) is 0 Å². The minimum absolute atomic E-state index is 0.161. The number of nitrogens with two attached hydrogens (primary N) is 1. The number of H-pyrrole nitrogens is 1. The Labute approximate surface area is 204 Å². The first-order valence-corrected chi connectivity index (χ1v) is 11.9. The van der Waals surface area contributed by atoms with E-state index in [-0.39, 0.29) is 23.0 Å². The van der Waals surface area contributed by atoms with Gasteiger partial charge < -0.3 is 15.6 Å². The number of nitrogens with zero attached hydrogens (tertiary/aromatic N) is 6. The van der Waals surface area contributed by atoms with Crippen molar-refractivity contribution in [1.82, 2.24) is 29.5 Å². The van der Waals surface area contributed by atoms with Gasteiger partial charge in [0.1, 0.15) is 11.3 Å². The van der Waals surface area contributed by atoms with Crippen LogP contribution in [0.3, 0.4) is 0 Å². The van der Waals surface area contributed by atoms with Crippen LogP contribution in [0.1, 0.15) is 31.1 Å². The molecule has 1 saturated carbocycles. The molecule has 5 aromatic rings. The lowest BCUT2D eigenvalue weighted by Gasteiger charge is -2.28. The van der Waals surface area contributed by atoms with E-state index in [9.17, 15) is 4.79 Å². The van der Waals surface area contributed by atoms with Gasteiger partial charge in [0.05, 0.1) is 34.0 Å². The molecule has 0 bridgehead atoms. The lowest BCUT2D eigenvalue weighted by molar-refractivity contribution is 0.536. The second-order valence-corrected chi connectivity index (χ2v) is 9.84. The van der Waals surface area contributed by atoms with Gasteiger partial charge >= 0.3 is 0 Å². The van der Waals surface area contributed by atoms with Gasteiger partial charge in [-0.05, 0) is 48.9 Å². The van der Waals surface area contributed by atoms with Crippen LogP contribution in [0.4, 0.5) is 11.8 Å². The first kappa shape index (κ1) is 20.4. The number of fused-ring (bicyclic) bond motifs is 2. The summed E-state index contributed by atoms with van der Waals surface area (Å²) in [5, 5.41) is 0.801. The molecule has 1 atom stereocenters. The first-order chi connectivity index (χ1) is 17.0. The smallest absolute Gasteiger partial charge is 0.267 e. The van der Waals surface area contributed by atoms with Crippen LogP contribution >= 0.6 is 11.6 Å². The van der Waals surface area contributed by atoms with E-state index in [4.69, 9.17) is 22.3 Å². The molecule has 0 unspecified atom stereocenters. The summed E-state index contributed by atoms with van der Waals surface area (Å²) in [6.07, 6.45) is 4.71. The van der Waals surface area contributed by atoms with Gasteiger partial charge in [-0.1, -0.05) is 35.9 Å². The third kappa shape index (κ3) is 3.11. The number of halogens is 1. The Morgan fingerprint density at radius 1 is 1.06 bits per heavy atom. The highest BCUT2D eigenvalue weighted by atomic mass is 35.5. The minimum Gasteiger partial charge on any atom is -0.368 e. The summed E-state index contributed by atoms with van der Waals surface area (Å²) >= 11 is 6.48. The largest absolute Gasteiger partial charge is 0.368 e. The van der Waals surface area contributed by atoms with Crippen LogP contribution in [0.5, 0.6) is 0 Å². The molecule has 3 aromatic heterocycles. The second-order valence-electron chi connectivity index (χ2n) is 9.43. The van der Waals surface area contributed by atoms with Gasteiger partial charge in [-0.25, -0.2) is 9.97 Å². The van der Waals surface area contributed by atoms with E-state index in [1.807, 2.05) is 42.5 Å². The average Bonchev–Trinajstić information content (AvgIpc) is 3.26. The summed E-state index contributed by atoms with van der Waals surface area (Å²) in [6, 6.07) is 14.8. The molecule has 1 spiro atoms. The molecule has 35 heavy (non-hydrogen) atoms. The van der Waals surface area contributed by atoms with Crippen LogP contribution < -0.4 is 16.2 Å². The van der Waals surface area contributed by atoms with Crippen LogP contribution in [-0.4, -0.2) is 36.0 Å². The highest BCUT2D eigenvalue weighted by molar-refractivity contribution is 6.35. The Balaban J connectivity index is 1.51. The molecule has 1 aliphatic carbocycles. The van der Waals surface area contributed by atoms with Crippen molar-refractivity contribution >= 4 is 45.4 Å². The van der Waals surface area contributed by atoms with Crippen molar-refractivity contribution < 1.29 is 0 Å². The molecular weight excluding hydrogens is 464 g/mol. The van der Waals surface area contributed by atoms with Crippen molar-refractivity contribution in [2.45, 2.75) is 25.3 Å². The van der Waals surface area contributed by atoms with Crippen molar-refractivity contribution in [2.75, 3.05) is 17.2 Å². The van der Waals surface area contributed by atoms with Gasteiger partial charge in [-0.3, -0.25) is 9.36 Å². The predicted octanol–water partition coefficient (Wildman–Crippen LogP) is 4.02. The number of hydrogen-bond acceptors (Lipinski definition) is 7. The van der Waals surface area contributed by atoms with Gasteiger partial charge in [0, 0.05) is 6.54 Å². The monoisotopic (exact) mass is 484 g/mol. The van der Waals surface area contributed by atoms with E-state index in [1.54, 1.807) is 17.0 Å². The molecule has 9 nitrogen and oxygen atoms in total. The Hall–Kier alpha value is -3.98. The fraction of sp³-hybridized carbons (Fsp3) is 0.240. The lowest BCUT2D eigenvalue weighted by Crippen LogP contribution is -2.32. The third-order valence-corrected chi connectivity index (χ3v) is 7.52. The van der Waals surface area contributed by atoms with Crippen LogP contribution in [0, 0.1) is 5.41 Å². The second kappa shape index (κ2) is 7.26. The molecule has 4 heterocycles. The predicted molar refractivity (Wildman–Crippen MR) is 135 cm³/mol.